The molecule has 2 aromatic carbocycles. The molecule has 0 bridgehead atoms. The van der Waals surface area contributed by atoms with Crippen molar-refractivity contribution in [1.29, 1.82) is 0 Å². The Morgan fingerprint density at radius 3 is 2.56 bits per heavy atom. The van der Waals surface area contributed by atoms with E-state index >= 15 is 4.39 Å². The van der Waals surface area contributed by atoms with Crippen LogP contribution in [0.25, 0.3) is 31.8 Å². The van der Waals surface area contributed by atoms with Gasteiger partial charge in [-0.3, -0.25) is 5.32 Å². The van der Waals surface area contributed by atoms with Crippen LogP contribution in [0.1, 0.15) is 25.2 Å². The first-order chi connectivity index (χ1) is 19.7. The van der Waals surface area contributed by atoms with Gasteiger partial charge in [0.2, 0.25) is 5.88 Å². The Hall–Kier alpha value is -4.49. The number of fused-ring (bicyclic) bond motifs is 2. The minimum atomic E-state index is -0.736. The van der Waals surface area contributed by atoms with Gasteiger partial charge < -0.3 is 19.3 Å². The van der Waals surface area contributed by atoms with Crippen LogP contribution in [-0.4, -0.2) is 62.0 Å². The number of aliphatic hydroxyl groups is 1. The van der Waals surface area contributed by atoms with E-state index in [0.29, 0.717) is 45.4 Å². The lowest BCUT2D eigenvalue weighted by molar-refractivity contribution is 0.0402. The Bertz CT molecular complexity index is 1710. The third kappa shape index (κ3) is 6.31. The number of aryl methyl sites for hydroxylation is 1. The lowest BCUT2D eigenvalue weighted by Gasteiger charge is -2.22. The summed E-state index contributed by atoms with van der Waals surface area (Å²) in [6, 6.07) is 6.80. The number of nitrogens with zero attached hydrogens (tertiary/aromatic N) is 5. The molecule has 1 amide bonds. The van der Waals surface area contributed by atoms with E-state index in [2.05, 4.69) is 30.2 Å². The number of carbonyl (C=O) groups is 1. The molecule has 0 aliphatic carbocycles. The number of anilines is 1. The molecule has 5 aromatic rings. The zero-order valence-electron chi connectivity index (χ0n) is 22.7. The van der Waals surface area contributed by atoms with E-state index in [9.17, 15) is 4.79 Å². The summed E-state index contributed by atoms with van der Waals surface area (Å²) >= 11 is 1.38. The van der Waals surface area contributed by atoms with Gasteiger partial charge in [0.25, 0.3) is 0 Å². The average molecular weight is 579 g/mol. The second kappa shape index (κ2) is 11.9. The normalized spacial score (nSPS) is 12.7. The molecule has 41 heavy (non-hydrogen) atoms. The number of thiazole rings is 1. The molecule has 3 heterocycles. The number of benzene rings is 2. The number of halogens is 1. The Labute approximate surface area is 238 Å². The maximum Gasteiger partial charge on any atom is 0.412 e. The van der Waals surface area contributed by atoms with E-state index in [1.165, 1.54) is 36.9 Å². The number of amides is 1. The van der Waals surface area contributed by atoms with Crippen molar-refractivity contribution in [2.45, 2.75) is 39.4 Å². The monoisotopic (exact) mass is 578 g/mol. The molecule has 0 spiro atoms. The predicted octanol–water partition coefficient (Wildman–Crippen LogP) is 5.09. The van der Waals surface area contributed by atoms with Gasteiger partial charge in [-0.15, -0.1) is 11.3 Å². The number of ether oxygens (including phenoxy) is 3. The van der Waals surface area contributed by atoms with E-state index < -0.39 is 24.1 Å². The van der Waals surface area contributed by atoms with E-state index in [4.69, 9.17) is 19.3 Å². The molecule has 0 aliphatic rings. The summed E-state index contributed by atoms with van der Waals surface area (Å²) in [5, 5.41) is 12.2. The standard InChI is InChI=1S/C28H27FN6O5S/c1-14-7-18(26-21(8-14)34-25(38-4)13-32-26)27-35-20-9-19(29)22(10-23(20)41-27)39-15(2)16(3)40-28(37)33-17-11-30-24(5-6-36)31-12-17/h7-13,15-16,36H,5-6H2,1-4H3,(H,33,37)/t15-,16-/m0/s1. The molecular formula is C28H27FN6O5S. The van der Waals surface area contributed by atoms with Crippen LogP contribution in [0.5, 0.6) is 11.6 Å². The molecule has 0 fully saturated rings. The molecule has 2 atom stereocenters. The quantitative estimate of drug-likeness (QED) is 0.243. The lowest BCUT2D eigenvalue weighted by Crippen LogP contribution is -2.32. The fourth-order valence-corrected chi connectivity index (χ4v) is 4.99. The molecule has 0 radical (unpaired) electrons. The third-order valence-electron chi connectivity index (χ3n) is 6.20. The Morgan fingerprint density at radius 2 is 1.83 bits per heavy atom. The van der Waals surface area contributed by atoms with Gasteiger partial charge in [-0.05, 0) is 38.5 Å². The number of methoxy groups -OCH3 is 1. The van der Waals surface area contributed by atoms with Crippen molar-refractivity contribution in [3.63, 3.8) is 0 Å². The minimum Gasteiger partial charge on any atom is -0.484 e. The zero-order chi connectivity index (χ0) is 29.1. The van der Waals surface area contributed by atoms with Crippen LogP contribution in [0.2, 0.25) is 0 Å². The van der Waals surface area contributed by atoms with Crippen molar-refractivity contribution in [3.05, 3.63) is 60.1 Å². The fourth-order valence-electron chi connectivity index (χ4n) is 4.00. The van der Waals surface area contributed by atoms with Crippen LogP contribution in [-0.2, 0) is 11.2 Å². The van der Waals surface area contributed by atoms with Crippen LogP contribution in [0.3, 0.4) is 0 Å². The van der Waals surface area contributed by atoms with Crippen molar-refractivity contribution >= 4 is 44.4 Å². The van der Waals surface area contributed by atoms with Crippen molar-refractivity contribution < 1.29 is 28.5 Å². The number of rotatable bonds is 9. The molecule has 11 nitrogen and oxygen atoms in total. The number of nitrogens with one attached hydrogen (secondary N) is 1. The van der Waals surface area contributed by atoms with Gasteiger partial charge >= 0.3 is 6.09 Å². The summed E-state index contributed by atoms with van der Waals surface area (Å²) in [7, 11) is 1.53. The summed E-state index contributed by atoms with van der Waals surface area (Å²) in [6.07, 6.45) is 2.57. The molecule has 2 N–H and O–H groups in total. The van der Waals surface area contributed by atoms with Crippen LogP contribution >= 0.6 is 11.3 Å². The first-order valence-corrected chi connectivity index (χ1v) is 13.5. The summed E-state index contributed by atoms with van der Waals surface area (Å²) in [4.78, 5) is 34.1. The minimum absolute atomic E-state index is 0.0163. The van der Waals surface area contributed by atoms with Crippen molar-refractivity contribution in [2.75, 3.05) is 19.0 Å². The summed E-state index contributed by atoms with van der Waals surface area (Å²) in [6.45, 7) is 5.21. The van der Waals surface area contributed by atoms with Gasteiger partial charge in [0.05, 0.1) is 59.2 Å². The highest BCUT2D eigenvalue weighted by Gasteiger charge is 2.22. The van der Waals surface area contributed by atoms with Crippen LogP contribution < -0.4 is 14.8 Å². The van der Waals surface area contributed by atoms with E-state index in [-0.39, 0.29) is 12.4 Å². The van der Waals surface area contributed by atoms with Crippen LogP contribution in [0.4, 0.5) is 14.9 Å². The van der Waals surface area contributed by atoms with Gasteiger partial charge in [0.15, 0.2) is 11.6 Å². The smallest absolute Gasteiger partial charge is 0.412 e. The zero-order valence-corrected chi connectivity index (χ0v) is 23.5. The number of carbonyl (C=O) groups excluding carboxylic acids is 1. The topological polar surface area (TPSA) is 141 Å². The first kappa shape index (κ1) is 28.1. The predicted molar refractivity (Wildman–Crippen MR) is 152 cm³/mol. The van der Waals surface area contributed by atoms with E-state index in [1.807, 2.05) is 19.1 Å². The molecule has 0 unspecified atom stereocenters. The number of hydrogen-bond acceptors (Lipinski definition) is 11. The molecule has 0 aliphatic heterocycles. The lowest BCUT2D eigenvalue weighted by atomic mass is 10.1. The molecule has 0 saturated heterocycles. The molecule has 5 rings (SSSR count). The maximum absolute atomic E-state index is 15.0. The van der Waals surface area contributed by atoms with Crippen LogP contribution in [0.15, 0.2) is 42.9 Å². The molecule has 3 aromatic heterocycles. The molecule has 212 valence electrons. The highest BCUT2D eigenvalue weighted by atomic mass is 32.1. The average Bonchev–Trinajstić information content (AvgIpc) is 3.35. The summed E-state index contributed by atoms with van der Waals surface area (Å²) in [5.74, 6) is 0.295. The Kier molecular flexibility index (Phi) is 8.17. The van der Waals surface area contributed by atoms with Gasteiger partial charge in [0, 0.05) is 24.1 Å². The maximum atomic E-state index is 15.0. The number of aromatic nitrogens is 5. The van der Waals surface area contributed by atoms with Crippen molar-refractivity contribution in [2.24, 2.45) is 0 Å². The molecule has 13 heteroatoms. The van der Waals surface area contributed by atoms with Gasteiger partial charge in [-0.2, -0.15) is 0 Å². The first-order valence-electron chi connectivity index (χ1n) is 12.7. The van der Waals surface area contributed by atoms with Crippen LogP contribution in [0, 0.1) is 12.7 Å². The molecule has 0 saturated carbocycles. The second-order valence-electron chi connectivity index (χ2n) is 9.28. The van der Waals surface area contributed by atoms with Crippen molar-refractivity contribution in [3.8, 4) is 22.2 Å². The van der Waals surface area contributed by atoms with Gasteiger partial charge in [0.1, 0.15) is 23.0 Å². The molecular weight excluding hydrogens is 551 g/mol. The fraction of sp³-hybridized carbons (Fsp3) is 0.286. The number of aliphatic hydroxyl groups excluding tert-OH is 1. The highest BCUT2D eigenvalue weighted by Crippen LogP contribution is 2.37. The third-order valence-corrected chi connectivity index (χ3v) is 7.26. The van der Waals surface area contributed by atoms with Crippen molar-refractivity contribution in [1.82, 2.24) is 24.9 Å². The van der Waals surface area contributed by atoms with E-state index in [0.717, 1.165) is 15.8 Å². The second-order valence-corrected chi connectivity index (χ2v) is 10.3. The Balaban J connectivity index is 1.30. The SMILES string of the molecule is COc1cnc2c(-c3nc4cc(F)c(O[C@@H](C)[C@H](C)OC(=O)Nc5cnc(CCO)nc5)cc4s3)cc(C)cc2n1. The number of hydrogen-bond donors (Lipinski definition) is 2. The summed E-state index contributed by atoms with van der Waals surface area (Å²) < 4.78 is 32.2. The van der Waals surface area contributed by atoms with Gasteiger partial charge in [-0.25, -0.2) is 34.1 Å². The summed E-state index contributed by atoms with van der Waals surface area (Å²) in [5.41, 5.74) is 3.91. The van der Waals surface area contributed by atoms with Gasteiger partial charge in [-0.1, -0.05) is 0 Å². The highest BCUT2D eigenvalue weighted by molar-refractivity contribution is 7.21. The largest absolute Gasteiger partial charge is 0.484 e. The van der Waals surface area contributed by atoms with E-state index in [1.54, 1.807) is 26.1 Å². The Morgan fingerprint density at radius 1 is 1.05 bits per heavy atom.